The second-order valence-corrected chi connectivity index (χ2v) is 6.76. The van der Waals surface area contributed by atoms with Crippen molar-refractivity contribution in [1.29, 1.82) is 0 Å². The summed E-state index contributed by atoms with van der Waals surface area (Å²) in [6.07, 6.45) is 1.78. The summed E-state index contributed by atoms with van der Waals surface area (Å²) in [5.74, 6) is 0.946. The van der Waals surface area contributed by atoms with E-state index in [0.29, 0.717) is 23.7 Å². The summed E-state index contributed by atoms with van der Waals surface area (Å²) >= 11 is 0. The average molecular weight is 389 g/mol. The number of hydrogen-bond donors (Lipinski definition) is 1. The fourth-order valence-electron chi connectivity index (χ4n) is 3.13. The molecule has 29 heavy (non-hydrogen) atoms. The second kappa shape index (κ2) is 9.21. The molecule has 148 valence electrons. The Labute approximate surface area is 170 Å². The van der Waals surface area contributed by atoms with Gasteiger partial charge in [0.2, 0.25) is 0 Å². The molecule has 1 fully saturated rings. The zero-order valence-electron chi connectivity index (χ0n) is 16.1. The largest absolute Gasteiger partial charge is 0.489 e. The molecule has 1 N–H and O–H groups in total. The van der Waals surface area contributed by atoms with Gasteiger partial charge in [-0.2, -0.15) is 0 Å². The Bertz CT molecular complexity index is 939. The van der Waals surface area contributed by atoms with Crippen LogP contribution in [0.4, 0.5) is 11.5 Å². The van der Waals surface area contributed by atoms with E-state index >= 15 is 0 Å². The molecule has 0 saturated carbocycles. The summed E-state index contributed by atoms with van der Waals surface area (Å²) in [6.45, 7) is 3.60. The Balaban J connectivity index is 1.36. The van der Waals surface area contributed by atoms with E-state index in [-0.39, 0.29) is 5.91 Å². The SMILES string of the molecule is O=C(Nc1ccc(N2CCOCC2)cn1)c1cccc(OCc2ccccc2)c1. The minimum Gasteiger partial charge on any atom is -0.489 e. The number of hydrogen-bond acceptors (Lipinski definition) is 5. The topological polar surface area (TPSA) is 63.7 Å². The van der Waals surface area contributed by atoms with Crippen molar-refractivity contribution in [2.45, 2.75) is 6.61 Å². The Hall–Kier alpha value is -3.38. The summed E-state index contributed by atoms with van der Waals surface area (Å²) < 4.78 is 11.2. The molecule has 6 nitrogen and oxygen atoms in total. The molecule has 0 spiro atoms. The van der Waals surface area contributed by atoms with Crippen molar-refractivity contribution in [3.8, 4) is 5.75 Å². The van der Waals surface area contributed by atoms with Gasteiger partial charge in [-0.15, -0.1) is 0 Å². The van der Waals surface area contributed by atoms with Crippen molar-refractivity contribution in [2.24, 2.45) is 0 Å². The van der Waals surface area contributed by atoms with Gasteiger partial charge in [-0.05, 0) is 35.9 Å². The number of nitrogens with zero attached hydrogens (tertiary/aromatic N) is 2. The van der Waals surface area contributed by atoms with Gasteiger partial charge in [-0.1, -0.05) is 36.4 Å². The van der Waals surface area contributed by atoms with Crippen molar-refractivity contribution in [3.05, 3.63) is 84.1 Å². The molecule has 2 aromatic carbocycles. The van der Waals surface area contributed by atoms with Crippen LogP contribution in [-0.4, -0.2) is 37.2 Å². The van der Waals surface area contributed by atoms with Crippen molar-refractivity contribution < 1.29 is 14.3 Å². The van der Waals surface area contributed by atoms with E-state index in [9.17, 15) is 4.79 Å². The molecule has 2 heterocycles. The molecule has 1 aliphatic heterocycles. The zero-order chi connectivity index (χ0) is 19.9. The lowest BCUT2D eigenvalue weighted by atomic mass is 10.2. The first-order chi connectivity index (χ1) is 14.3. The molecular formula is C23H23N3O3. The molecule has 0 aliphatic carbocycles. The monoisotopic (exact) mass is 389 g/mol. The number of amides is 1. The number of anilines is 2. The smallest absolute Gasteiger partial charge is 0.256 e. The normalized spacial score (nSPS) is 13.7. The van der Waals surface area contributed by atoms with Crippen molar-refractivity contribution >= 4 is 17.4 Å². The van der Waals surface area contributed by atoms with Gasteiger partial charge >= 0.3 is 0 Å². The van der Waals surface area contributed by atoms with Gasteiger partial charge in [-0.3, -0.25) is 4.79 Å². The van der Waals surface area contributed by atoms with E-state index in [2.05, 4.69) is 15.2 Å². The molecule has 4 rings (SSSR count). The Morgan fingerprint density at radius 3 is 2.62 bits per heavy atom. The number of ether oxygens (including phenoxy) is 2. The van der Waals surface area contributed by atoms with Crippen LogP contribution in [0.5, 0.6) is 5.75 Å². The number of rotatable bonds is 6. The maximum absolute atomic E-state index is 12.6. The summed E-state index contributed by atoms with van der Waals surface area (Å²) in [5, 5.41) is 2.84. The maximum Gasteiger partial charge on any atom is 0.256 e. The highest BCUT2D eigenvalue weighted by molar-refractivity contribution is 6.04. The highest BCUT2D eigenvalue weighted by atomic mass is 16.5. The van der Waals surface area contributed by atoms with E-state index < -0.39 is 0 Å². The molecule has 6 heteroatoms. The molecule has 0 bridgehead atoms. The van der Waals surface area contributed by atoms with Crippen LogP contribution in [0.1, 0.15) is 15.9 Å². The molecule has 1 saturated heterocycles. The minimum atomic E-state index is -0.221. The number of pyridine rings is 1. The summed E-state index contributed by atoms with van der Waals surface area (Å²) in [5.41, 5.74) is 2.63. The van der Waals surface area contributed by atoms with Crippen LogP contribution < -0.4 is 15.0 Å². The first-order valence-corrected chi connectivity index (χ1v) is 9.65. The third-order valence-corrected chi connectivity index (χ3v) is 4.71. The quantitative estimate of drug-likeness (QED) is 0.696. The third kappa shape index (κ3) is 5.12. The van der Waals surface area contributed by atoms with Gasteiger partial charge in [0, 0.05) is 18.7 Å². The average Bonchev–Trinajstić information content (AvgIpc) is 2.80. The predicted octanol–water partition coefficient (Wildman–Crippen LogP) is 3.75. The lowest BCUT2D eigenvalue weighted by Crippen LogP contribution is -2.36. The van der Waals surface area contributed by atoms with Crippen LogP contribution in [-0.2, 0) is 11.3 Å². The van der Waals surface area contributed by atoms with Crippen molar-refractivity contribution in [1.82, 2.24) is 4.98 Å². The van der Waals surface area contributed by atoms with E-state index in [4.69, 9.17) is 9.47 Å². The Kier molecular flexibility index (Phi) is 6.02. The number of nitrogens with one attached hydrogen (secondary N) is 1. The van der Waals surface area contributed by atoms with Gasteiger partial charge in [0.15, 0.2) is 0 Å². The highest BCUT2D eigenvalue weighted by Crippen LogP contribution is 2.19. The minimum absolute atomic E-state index is 0.221. The molecule has 1 amide bonds. The van der Waals surface area contributed by atoms with Gasteiger partial charge in [0.25, 0.3) is 5.91 Å². The first kappa shape index (κ1) is 19.0. The fraction of sp³-hybridized carbons (Fsp3) is 0.217. The lowest BCUT2D eigenvalue weighted by molar-refractivity contribution is 0.102. The molecule has 0 atom stereocenters. The van der Waals surface area contributed by atoms with Crippen LogP contribution in [0, 0.1) is 0 Å². The first-order valence-electron chi connectivity index (χ1n) is 9.65. The summed E-state index contributed by atoms with van der Waals surface area (Å²) in [7, 11) is 0. The number of morpholine rings is 1. The molecule has 3 aromatic rings. The lowest BCUT2D eigenvalue weighted by Gasteiger charge is -2.28. The Morgan fingerprint density at radius 1 is 1.03 bits per heavy atom. The number of carbonyl (C=O) groups is 1. The van der Waals surface area contributed by atoms with Crippen molar-refractivity contribution in [3.63, 3.8) is 0 Å². The summed E-state index contributed by atoms with van der Waals surface area (Å²) in [6, 6.07) is 20.8. The van der Waals surface area contributed by atoms with Crippen LogP contribution in [0.25, 0.3) is 0 Å². The molecule has 1 aliphatic rings. The molecular weight excluding hydrogens is 366 g/mol. The summed E-state index contributed by atoms with van der Waals surface area (Å²) in [4.78, 5) is 19.2. The number of aromatic nitrogens is 1. The van der Waals surface area contributed by atoms with Crippen molar-refractivity contribution in [2.75, 3.05) is 36.5 Å². The standard InChI is InChI=1S/C23H23N3O3/c27-23(25-22-10-9-20(16-24-22)26-11-13-28-14-12-26)19-7-4-8-21(15-19)29-17-18-5-2-1-3-6-18/h1-10,15-16H,11-14,17H2,(H,24,25,27). The number of benzene rings is 2. The third-order valence-electron chi connectivity index (χ3n) is 4.71. The van der Waals surface area contributed by atoms with Gasteiger partial charge in [0.05, 0.1) is 25.1 Å². The maximum atomic E-state index is 12.6. The zero-order valence-corrected chi connectivity index (χ0v) is 16.1. The van der Waals surface area contributed by atoms with Crippen LogP contribution in [0.2, 0.25) is 0 Å². The molecule has 0 unspecified atom stereocenters. The van der Waals surface area contributed by atoms with Gasteiger partial charge in [0.1, 0.15) is 18.2 Å². The second-order valence-electron chi connectivity index (χ2n) is 6.76. The van der Waals surface area contributed by atoms with E-state index in [1.165, 1.54) is 0 Å². The Morgan fingerprint density at radius 2 is 1.86 bits per heavy atom. The molecule has 0 radical (unpaired) electrons. The van der Waals surface area contributed by atoms with Crippen LogP contribution in [0.15, 0.2) is 72.9 Å². The highest BCUT2D eigenvalue weighted by Gasteiger charge is 2.12. The fourth-order valence-corrected chi connectivity index (χ4v) is 3.13. The van der Waals surface area contributed by atoms with Gasteiger partial charge in [-0.25, -0.2) is 4.98 Å². The van der Waals surface area contributed by atoms with E-state index in [1.807, 2.05) is 54.6 Å². The molecule has 1 aromatic heterocycles. The van der Waals surface area contributed by atoms with E-state index in [0.717, 1.165) is 37.6 Å². The predicted molar refractivity (Wildman–Crippen MR) is 112 cm³/mol. The van der Waals surface area contributed by atoms with E-state index in [1.54, 1.807) is 18.3 Å². The van der Waals surface area contributed by atoms with Crippen LogP contribution in [0.3, 0.4) is 0 Å². The van der Waals surface area contributed by atoms with Crippen LogP contribution >= 0.6 is 0 Å². The van der Waals surface area contributed by atoms with Gasteiger partial charge < -0.3 is 19.7 Å². The number of carbonyl (C=O) groups excluding carboxylic acids is 1.